The van der Waals surface area contributed by atoms with E-state index in [4.69, 9.17) is 11.6 Å². The van der Waals surface area contributed by atoms with Gasteiger partial charge in [-0.15, -0.1) is 10.2 Å². The van der Waals surface area contributed by atoms with Gasteiger partial charge < -0.3 is 9.80 Å². The largest absolute Gasteiger partial charge is 0.369 e. The summed E-state index contributed by atoms with van der Waals surface area (Å²) in [7, 11) is 1.74. The molecule has 0 bridgehead atoms. The molecule has 0 amide bonds. The van der Waals surface area contributed by atoms with Crippen LogP contribution in [-0.4, -0.2) is 51.4 Å². The van der Waals surface area contributed by atoms with Crippen molar-refractivity contribution in [2.24, 2.45) is 12.5 Å². The minimum atomic E-state index is -0.256. The molecule has 10 heteroatoms. The second-order valence-electron chi connectivity index (χ2n) is 6.92. The van der Waals surface area contributed by atoms with E-state index in [-0.39, 0.29) is 11.2 Å². The lowest BCUT2D eigenvalue weighted by Gasteiger charge is -2.61. The van der Waals surface area contributed by atoms with Crippen LogP contribution in [0.15, 0.2) is 24.4 Å². The molecule has 2 aromatic heterocycles. The molecule has 0 atom stereocenters. The predicted molar refractivity (Wildman–Crippen MR) is 98.2 cm³/mol. The van der Waals surface area contributed by atoms with E-state index in [1.54, 1.807) is 30.6 Å². The second kappa shape index (κ2) is 5.62. The fourth-order valence-corrected chi connectivity index (χ4v) is 4.73. The van der Waals surface area contributed by atoms with Crippen LogP contribution < -0.4 is 9.80 Å². The van der Waals surface area contributed by atoms with Crippen LogP contribution in [0.1, 0.15) is 0 Å². The molecule has 0 N–H and O–H groups in total. The number of halogens is 2. The minimum Gasteiger partial charge on any atom is -0.369 e. The molecule has 2 saturated heterocycles. The van der Waals surface area contributed by atoms with Crippen LogP contribution in [0.3, 0.4) is 0 Å². The number of hydrogen-bond donors (Lipinski definition) is 0. The zero-order valence-electron chi connectivity index (χ0n) is 13.9. The lowest BCUT2D eigenvalue weighted by atomic mass is 9.73. The standard InChI is InChI=1S/C16H15ClFN7S/c1-23-21-14(20-22-23)13-5-19-15(26-13)25-8-16(9-25)6-24(7-16)12-4-10(18)2-3-11(12)17/h2-5H,6-9H2,1H3. The van der Waals surface area contributed by atoms with Crippen molar-refractivity contribution in [3.8, 4) is 10.7 Å². The number of tetrazole rings is 1. The molecule has 2 aliphatic rings. The van der Waals surface area contributed by atoms with Gasteiger partial charge >= 0.3 is 0 Å². The molecule has 0 unspecified atom stereocenters. The number of thiazole rings is 1. The van der Waals surface area contributed by atoms with E-state index in [0.717, 1.165) is 41.9 Å². The zero-order valence-corrected chi connectivity index (χ0v) is 15.5. The summed E-state index contributed by atoms with van der Waals surface area (Å²) in [6.07, 6.45) is 1.79. The normalized spacial score (nSPS) is 18.1. The highest BCUT2D eigenvalue weighted by atomic mass is 35.5. The highest BCUT2D eigenvalue weighted by Gasteiger charge is 2.52. The van der Waals surface area contributed by atoms with Crippen molar-refractivity contribution in [2.75, 3.05) is 36.0 Å². The maximum atomic E-state index is 13.5. The van der Waals surface area contributed by atoms with Crippen LogP contribution in [-0.2, 0) is 7.05 Å². The van der Waals surface area contributed by atoms with Gasteiger partial charge in [0.25, 0.3) is 0 Å². The van der Waals surface area contributed by atoms with E-state index >= 15 is 0 Å². The molecule has 0 saturated carbocycles. The molecular formula is C16H15ClFN7S. The molecule has 134 valence electrons. The highest BCUT2D eigenvalue weighted by molar-refractivity contribution is 7.18. The molecule has 0 aliphatic carbocycles. The predicted octanol–water partition coefficient (Wildman–Crippen LogP) is 2.45. The molecule has 1 aromatic carbocycles. The molecule has 1 spiro atoms. The van der Waals surface area contributed by atoms with E-state index in [2.05, 4.69) is 30.2 Å². The average molecular weight is 392 g/mol. The van der Waals surface area contributed by atoms with Crippen molar-refractivity contribution in [3.63, 3.8) is 0 Å². The summed E-state index contributed by atoms with van der Waals surface area (Å²) >= 11 is 7.77. The lowest BCUT2D eigenvalue weighted by molar-refractivity contribution is 0.156. The Morgan fingerprint density at radius 3 is 2.69 bits per heavy atom. The van der Waals surface area contributed by atoms with Crippen LogP contribution in [0.5, 0.6) is 0 Å². The Hall–Kier alpha value is -2.26. The fourth-order valence-electron chi connectivity index (χ4n) is 3.66. The van der Waals surface area contributed by atoms with Crippen LogP contribution >= 0.6 is 22.9 Å². The molecule has 2 aliphatic heterocycles. The van der Waals surface area contributed by atoms with Crippen LogP contribution in [0.2, 0.25) is 5.02 Å². The van der Waals surface area contributed by atoms with Gasteiger partial charge in [-0.05, 0) is 23.4 Å². The Morgan fingerprint density at radius 2 is 1.96 bits per heavy atom. The SMILES string of the molecule is Cn1nnc(-c2cnc(N3CC4(C3)CN(c3cc(F)ccc3Cl)C4)s2)n1. The van der Waals surface area contributed by atoms with Crippen molar-refractivity contribution >= 4 is 33.8 Å². The Bertz CT molecular complexity index is 973. The van der Waals surface area contributed by atoms with Gasteiger partial charge in [0.1, 0.15) is 5.82 Å². The summed E-state index contributed by atoms with van der Waals surface area (Å²) in [5, 5.41) is 13.7. The van der Waals surface area contributed by atoms with E-state index in [0.29, 0.717) is 10.8 Å². The summed E-state index contributed by atoms with van der Waals surface area (Å²) in [5.41, 5.74) is 1.02. The van der Waals surface area contributed by atoms with E-state index in [1.165, 1.54) is 16.9 Å². The smallest absolute Gasteiger partial charge is 0.216 e. The first-order valence-electron chi connectivity index (χ1n) is 8.17. The second-order valence-corrected chi connectivity index (χ2v) is 8.33. The number of nitrogens with zero attached hydrogens (tertiary/aromatic N) is 7. The number of hydrogen-bond acceptors (Lipinski definition) is 7. The zero-order chi connectivity index (χ0) is 17.9. The van der Waals surface area contributed by atoms with Crippen molar-refractivity contribution in [3.05, 3.63) is 35.2 Å². The van der Waals surface area contributed by atoms with Gasteiger partial charge in [0.15, 0.2) is 5.13 Å². The summed E-state index contributed by atoms with van der Waals surface area (Å²) in [6, 6.07) is 4.51. The van der Waals surface area contributed by atoms with Crippen LogP contribution in [0.25, 0.3) is 10.7 Å². The molecule has 5 rings (SSSR count). The number of aromatic nitrogens is 5. The summed E-state index contributed by atoms with van der Waals surface area (Å²) in [5.74, 6) is 0.343. The summed E-state index contributed by atoms with van der Waals surface area (Å²) < 4.78 is 13.5. The molecule has 3 aromatic rings. The first kappa shape index (κ1) is 16.0. The lowest BCUT2D eigenvalue weighted by Crippen LogP contribution is -2.72. The first-order chi connectivity index (χ1) is 12.5. The van der Waals surface area contributed by atoms with E-state index < -0.39 is 0 Å². The van der Waals surface area contributed by atoms with Gasteiger partial charge in [-0.3, -0.25) is 0 Å². The Balaban J connectivity index is 1.23. The Kier molecular flexibility index (Phi) is 3.45. The van der Waals surface area contributed by atoms with Gasteiger partial charge in [-0.2, -0.15) is 4.80 Å². The van der Waals surface area contributed by atoms with Gasteiger partial charge in [0.05, 0.1) is 28.8 Å². The number of aryl methyl sites for hydroxylation is 1. The quantitative estimate of drug-likeness (QED) is 0.683. The van der Waals surface area contributed by atoms with Crippen LogP contribution in [0.4, 0.5) is 15.2 Å². The maximum absolute atomic E-state index is 13.5. The van der Waals surface area contributed by atoms with E-state index in [1.807, 2.05) is 0 Å². The molecule has 0 radical (unpaired) electrons. The number of rotatable bonds is 3. The van der Waals surface area contributed by atoms with Gasteiger partial charge in [0.2, 0.25) is 5.82 Å². The monoisotopic (exact) mass is 391 g/mol. The van der Waals surface area contributed by atoms with Crippen LogP contribution in [0, 0.1) is 11.2 Å². The van der Waals surface area contributed by atoms with Gasteiger partial charge in [-0.25, -0.2) is 9.37 Å². The fraction of sp³-hybridized carbons (Fsp3) is 0.375. The maximum Gasteiger partial charge on any atom is 0.216 e. The molecule has 26 heavy (non-hydrogen) atoms. The Labute approximate surface area is 158 Å². The molecular weight excluding hydrogens is 377 g/mol. The molecule has 7 nitrogen and oxygen atoms in total. The first-order valence-corrected chi connectivity index (χ1v) is 9.36. The number of anilines is 2. The van der Waals surface area contributed by atoms with E-state index in [9.17, 15) is 4.39 Å². The molecule has 2 fully saturated rings. The van der Waals surface area contributed by atoms with Crippen molar-refractivity contribution < 1.29 is 4.39 Å². The topological polar surface area (TPSA) is 63.0 Å². The molecule has 4 heterocycles. The summed E-state index contributed by atoms with van der Waals surface area (Å²) in [6.45, 7) is 3.65. The third-order valence-corrected chi connectivity index (χ3v) is 6.22. The third-order valence-electron chi connectivity index (χ3n) is 4.85. The average Bonchev–Trinajstić information content (AvgIpc) is 3.17. The number of benzene rings is 1. The highest BCUT2D eigenvalue weighted by Crippen LogP contribution is 2.46. The van der Waals surface area contributed by atoms with Crippen molar-refractivity contribution in [1.82, 2.24) is 25.2 Å². The summed E-state index contributed by atoms with van der Waals surface area (Å²) in [4.78, 5) is 11.2. The van der Waals surface area contributed by atoms with Gasteiger partial charge in [0, 0.05) is 31.6 Å². The minimum absolute atomic E-state index is 0.242. The van der Waals surface area contributed by atoms with Crippen molar-refractivity contribution in [2.45, 2.75) is 0 Å². The van der Waals surface area contributed by atoms with Crippen molar-refractivity contribution in [1.29, 1.82) is 0 Å². The Morgan fingerprint density at radius 1 is 1.19 bits per heavy atom. The van der Waals surface area contributed by atoms with Gasteiger partial charge in [-0.1, -0.05) is 22.9 Å². The third kappa shape index (κ3) is 2.53.